The van der Waals surface area contributed by atoms with E-state index in [1.54, 1.807) is 0 Å². The van der Waals surface area contributed by atoms with Gasteiger partial charge in [0.25, 0.3) is 0 Å². The molecule has 2 fully saturated rings. The van der Waals surface area contributed by atoms with Gasteiger partial charge in [0.2, 0.25) is 0 Å². The van der Waals surface area contributed by atoms with Crippen molar-refractivity contribution in [3.8, 4) is 0 Å². The van der Waals surface area contributed by atoms with Crippen LogP contribution in [-0.2, 0) is 9.31 Å². The molecule has 96 valence electrons. The fourth-order valence-electron chi connectivity index (χ4n) is 2.37. The number of piperidine rings is 1. The molecule has 17 heavy (non-hydrogen) atoms. The lowest BCUT2D eigenvalue weighted by molar-refractivity contribution is 0.00578. The summed E-state index contributed by atoms with van der Waals surface area (Å²) in [6.45, 7) is 10.6. The van der Waals surface area contributed by atoms with Gasteiger partial charge in [-0.05, 0) is 54.1 Å². The summed E-state index contributed by atoms with van der Waals surface area (Å²) in [5.41, 5.74) is 0.988. The van der Waals surface area contributed by atoms with Crippen molar-refractivity contribution in [2.75, 3.05) is 20.1 Å². The minimum absolute atomic E-state index is 0.179. The van der Waals surface area contributed by atoms with E-state index in [1.807, 2.05) is 0 Å². The summed E-state index contributed by atoms with van der Waals surface area (Å²) in [6, 6.07) is 0. The third kappa shape index (κ3) is 2.75. The summed E-state index contributed by atoms with van der Waals surface area (Å²) in [5, 5.41) is 0. The van der Waals surface area contributed by atoms with E-state index in [9.17, 15) is 0 Å². The van der Waals surface area contributed by atoms with Crippen molar-refractivity contribution in [3.05, 3.63) is 11.5 Å². The van der Waals surface area contributed by atoms with Gasteiger partial charge in [-0.15, -0.1) is 0 Å². The topological polar surface area (TPSA) is 21.7 Å². The Morgan fingerprint density at radius 2 is 1.76 bits per heavy atom. The molecule has 0 N–H and O–H groups in total. The van der Waals surface area contributed by atoms with Crippen molar-refractivity contribution in [1.29, 1.82) is 0 Å². The van der Waals surface area contributed by atoms with Crippen LogP contribution in [0.1, 0.15) is 40.5 Å². The Labute approximate surface area is 105 Å². The minimum Gasteiger partial charge on any atom is -0.400 e. The second kappa shape index (κ2) is 4.41. The smallest absolute Gasteiger partial charge is 0.400 e. The molecule has 0 radical (unpaired) electrons. The monoisotopic (exact) mass is 237 g/mol. The van der Waals surface area contributed by atoms with Crippen LogP contribution in [0.25, 0.3) is 0 Å². The van der Waals surface area contributed by atoms with Crippen molar-refractivity contribution < 1.29 is 9.31 Å². The first-order valence-electron chi connectivity index (χ1n) is 6.54. The molecule has 0 aromatic rings. The lowest BCUT2D eigenvalue weighted by atomic mass is 9.85. The Morgan fingerprint density at radius 3 is 2.29 bits per heavy atom. The fourth-order valence-corrected chi connectivity index (χ4v) is 2.37. The molecule has 0 unspecified atom stereocenters. The summed E-state index contributed by atoms with van der Waals surface area (Å²) in [5.74, 6) is 2.17. The molecule has 0 atom stereocenters. The van der Waals surface area contributed by atoms with Gasteiger partial charge in [-0.25, -0.2) is 0 Å². The highest BCUT2D eigenvalue weighted by Gasteiger charge is 2.50. The summed E-state index contributed by atoms with van der Waals surface area (Å²) in [7, 11) is 1.98. The van der Waals surface area contributed by atoms with Crippen molar-refractivity contribution in [2.24, 2.45) is 0 Å². The number of rotatable bonds is 1. The molecule has 0 aromatic carbocycles. The Balaban J connectivity index is 2.04. The van der Waals surface area contributed by atoms with Gasteiger partial charge in [0.1, 0.15) is 0 Å². The Hall–Kier alpha value is -0.315. The first-order valence-corrected chi connectivity index (χ1v) is 6.54. The predicted molar refractivity (Wildman–Crippen MR) is 70.9 cm³/mol. The summed E-state index contributed by atoms with van der Waals surface area (Å²) >= 11 is 0. The zero-order valence-corrected chi connectivity index (χ0v) is 11.7. The van der Waals surface area contributed by atoms with Gasteiger partial charge < -0.3 is 14.2 Å². The van der Waals surface area contributed by atoms with Crippen LogP contribution in [0.5, 0.6) is 0 Å². The zero-order chi connectivity index (χ0) is 12.7. The van der Waals surface area contributed by atoms with Crippen LogP contribution >= 0.6 is 0 Å². The summed E-state index contributed by atoms with van der Waals surface area (Å²) in [6.07, 6.45) is 2.41. The lowest BCUT2D eigenvalue weighted by Crippen LogP contribution is -2.41. The second-order valence-corrected chi connectivity index (χ2v) is 6.29. The molecule has 0 bridgehead atoms. The predicted octanol–water partition coefficient (Wildman–Crippen LogP) is 2.27. The minimum atomic E-state index is -0.227. The molecule has 2 heterocycles. The van der Waals surface area contributed by atoms with E-state index in [2.05, 4.69) is 45.6 Å². The number of hydrogen-bond acceptors (Lipinski definition) is 3. The van der Waals surface area contributed by atoms with Crippen LogP contribution < -0.4 is 0 Å². The largest absolute Gasteiger partial charge is 0.487 e. The number of likely N-dealkylation sites (tertiary alicyclic amines) is 1. The van der Waals surface area contributed by atoms with Crippen LogP contribution in [0.4, 0.5) is 0 Å². The SMILES string of the molecule is CN1CCC/C(=C\B2OC(C)(C)C(C)(C)O2)C1. The van der Waals surface area contributed by atoms with Gasteiger partial charge in [0.05, 0.1) is 11.2 Å². The third-order valence-corrected chi connectivity index (χ3v) is 4.15. The maximum Gasteiger partial charge on any atom is 0.487 e. The van der Waals surface area contributed by atoms with Crippen LogP contribution in [0, 0.1) is 0 Å². The molecule has 3 nitrogen and oxygen atoms in total. The van der Waals surface area contributed by atoms with Gasteiger partial charge in [-0.2, -0.15) is 0 Å². The van der Waals surface area contributed by atoms with Crippen molar-refractivity contribution >= 4 is 7.12 Å². The first kappa shape index (κ1) is 13.1. The molecule has 2 aliphatic rings. The Morgan fingerprint density at radius 1 is 1.18 bits per heavy atom. The molecule has 0 spiro atoms. The average molecular weight is 237 g/mol. The van der Waals surface area contributed by atoms with Crippen molar-refractivity contribution in [2.45, 2.75) is 51.7 Å². The number of nitrogens with zero attached hydrogens (tertiary/aromatic N) is 1. The van der Waals surface area contributed by atoms with Gasteiger partial charge >= 0.3 is 7.12 Å². The molecular weight excluding hydrogens is 213 g/mol. The molecular formula is C13H24BNO2. The van der Waals surface area contributed by atoms with Crippen molar-refractivity contribution in [1.82, 2.24) is 4.90 Å². The number of hydrogen-bond donors (Lipinski definition) is 0. The van der Waals surface area contributed by atoms with Gasteiger partial charge in [-0.3, -0.25) is 0 Å². The molecule has 4 heteroatoms. The highest BCUT2D eigenvalue weighted by Crippen LogP contribution is 2.37. The third-order valence-electron chi connectivity index (χ3n) is 4.15. The van der Waals surface area contributed by atoms with Crippen LogP contribution in [0.15, 0.2) is 11.5 Å². The maximum atomic E-state index is 5.98. The highest BCUT2D eigenvalue weighted by atomic mass is 16.7. The molecule has 2 rings (SSSR count). The van der Waals surface area contributed by atoms with E-state index < -0.39 is 0 Å². The van der Waals surface area contributed by atoms with Crippen molar-refractivity contribution in [3.63, 3.8) is 0 Å². The zero-order valence-electron chi connectivity index (χ0n) is 11.7. The second-order valence-electron chi connectivity index (χ2n) is 6.29. The highest BCUT2D eigenvalue weighted by molar-refractivity contribution is 6.51. The van der Waals surface area contributed by atoms with E-state index in [0.717, 1.165) is 6.54 Å². The lowest BCUT2D eigenvalue weighted by Gasteiger charge is -2.32. The number of likely N-dealkylation sites (N-methyl/N-ethyl adjacent to an activating group) is 1. The quantitative estimate of drug-likeness (QED) is 0.653. The molecule has 2 aliphatic heterocycles. The van der Waals surface area contributed by atoms with Gasteiger partial charge in [0, 0.05) is 6.54 Å². The standard InChI is InChI=1S/C13H24BNO2/c1-12(2)13(3,4)17-14(16-12)9-11-7-6-8-15(5)10-11/h9H,6-8,10H2,1-5H3/b11-9+. The van der Waals surface area contributed by atoms with Crippen LogP contribution in [0.3, 0.4) is 0 Å². The van der Waals surface area contributed by atoms with E-state index >= 15 is 0 Å². The van der Waals surface area contributed by atoms with Gasteiger partial charge in [0.15, 0.2) is 0 Å². The average Bonchev–Trinajstić information content (AvgIpc) is 2.34. The normalized spacial score (nSPS) is 31.1. The summed E-state index contributed by atoms with van der Waals surface area (Å²) in [4.78, 5) is 2.35. The molecule has 2 saturated heterocycles. The van der Waals surface area contributed by atoms with E-state index in [0.29, 0.717) is 0 Å². The van der Waals surface area contributed by atoms with E-state index in [1.165, 1.54) is 25.0 Å². The fraction of sp³-hybridized carbons (Fsp3) is 0.846. The molecule has 0 amide bonds. The van der Waals surface area contributed by atoms with Gasteiger partial charge in [-0.1, -0.05) is 11.5 Å². The summed E-state index contributed by atoms with van der Waals surface area (Å²) < 4.78 is 12.0. The van der Waals surface area contributed by atoms with E-state index in [4.69, 9.17) is 9.31 Å². The van der Waals surface area contributed by atoms with Crippen LogP contribution in [-0.4, -0.2) is 43.4 Å². The molecule has 0 saturated carbocycles. The molecule has 0 aliphatic carbocycles. The Kier molecular flexibility index (Phi) is 3.41. The first-order chi connectivity index (χ1) is 7.80. The molecule has 0 aromatic heterocycles. The maximum absolute atomic E-state index is 5.98. The van der Waals surface area contributed by atoms with E-state index in [-0.39, 0.29) is 18.3 Å². The Bertz CT molecular complexity index is 309. The van der Waals surface area contributed by atoms with Crippen LogP contribution in [0.2, 0.25) is 0 Å².